The molecule has 1 aromatic rings. The lowest BCUT2D eigenvalue weighted by atomic mass is 10.1. The molecule has 1 rings (SSSR count). The third-order valence-corrected chi connectivity index (χ3v) is 3.06. The van der Waals surface area contributed by atoms with Crippen LogP contribution in [0.2, 0.25) is 0 Å². The van der Waals surface area contributed by atoms with E-state index in [1.807, 2.05) is 0 Å². The average molecular weight is 266 g/mol. The van der Waals surface area contributed by atoms with Crippen LogP contribution in [0.25, 0.3) is 0 Å². The second kappa shape index (κ2) is 6.41. The monoisotopic (exact) mass is 266 g/mol. The van der Waals surface area contributed by atoms with Gasteiger partial charge in [-0.25, -0.2) is 4.79 Å². The number of methoxy groups -OCH3 is 1. The highest BCUT2D eigenvalue weighted by Crippen LogP contribution is 2.18. The standard InChI is InChI=1S/C14H22N2O3/c1-8(2)6-7-15-13(17)12-9(3)11(10(4)16-12)14(18)19-5/h8,16H,6-7H2,1-5H3,(H,15,17). The fourth-order valence-corrected chi connectivity index (χ4v) is 1.95. The summed E-state index contributed by atoms with van der Waals surface area (Å²) in [5.74, 6) is -0.0683. The molecule has 0 atom stereocenters. The molecule has 1 heterocycles. The number of carbonyl (C=O) groups excluding carboxylic acids is 2. The van der Waals surface area contributed by atoms with Gasteiger partial charge in [0.15, 0.2) is 0 Å². The summed E-state index contributed by atoms with van der Waals surface area (Å²) in [7, 11) is 1.33. The van der Waals surface area contributed by atoms with Crippen LogP contribution in [0.15, 0.2) is 0 Å². The highest BCUT2D eigenvalue weighted by molar-refractivity contribution is 6.00. The van der Waals surface area contributed by atoms with Crippen LogP contribution in [0.1, 0.15) is 52.4 Å². The first kappa shape index (κ1) is 15.3. The molecular weight excluding hydrogens is 244 g/mol. The van der Waals surface area contributed by atoms with Crippen molar-refractivity contribution in [2.24, 2.45) is 5.92 Å². The number of esters is 1. The van der Waals surface area contributed by atoms with Gasteiger partial charge >= 0.3 is 5.97 Å². The first-order valence-corrected chi connectivity index (χ1v) is 6.44. The van der Waals surface area contributed by atoms with Crippen molar-refractivity contribution >= 4 is 11.9 Å². The minimum atomic E-state index is -0.424. The van der Waals surface area contributed by atoms with Crippen LogP contribution in [0, 0.1) is 19.8 Å². The van der Waals surface area contributed by atoms with Crippen LogP contribution in [-0.2, 0) is 4.74 Å². The van der Waals surface area contributed by atoms with Gasteiger partial charge in [-0.05, 0) is 31.7 Å². The molecule has 0 spiro atoms. The number of ether oxygens (including phenoxy) is 1. The number of hydrogen-bond donors (Lipinski definition) is 2. The molecule has 0 aliphatic rings. The molecule has 1 aromatic heterocycles. The number of aromatic amines is 1. The zero-order valence-electron chi connectivity index (χ0n) is 12.2. The maximum absolute atomic E-state index is 12.0. The molecule has 0 saturated heterocycles. The van der Waals surface area contributed by atoms with E-state index < -0.39 is 5.97 Å². The topological polar surface area (TPSA) is 71.2 Å². The minimum Gasteiger partial charge on any atom is -0.465 e. The van der Waals surface area contributed by atoms with Crippen molar-refractivity contribution in [1.29, 1.82) is 0 Å². The smallest absolute Gasteiger partial charge is 0.339 e. The van der Waals surface area contributed by atoms with Gasteiger partial charge in [0.05, 0.1) is 12.7 Å². The minimum absolute atomic E-state index is 0.184. The number of nitrogens with one attached hydrogen (secondary N) is 2. The first-order valence-electron chi connectivity index (χ1n) is 6.44. The van der Waals surface area contributed by atoms with E-state index in [0.717, 1.165) is 6.42 Å². The lowest BCUT2D eigenvalue weighted by Gasteiger charge is -2.07. The van der Waals surface area contributed by atoms with Gasteiger partial charge in [-0.2, -0.15) is 0 Å². The Morgan fingerprint density at radius 2 is 1.95 bits per heavy atom. The molecule has 2 N–H and O–H groups in total. The van der Waals surface area contributed by atoms with Crippen LogP contribution < -0.4 is 5.32 Å². The molecule has 106 valence electrons. The predicted octanol–water partition coefficient (Wildman–Crippen LogP) is 2.19. The number of carbonyl (C=O) groups is 2. The van der Waals surface area contributed by atoms with Gasteiger partial charge in [0.25, 0.3) is 5.91 Å². The highest BCUT2D eigenvalue weighted by atomic mass is 16.5. The highest BCUT2D eigenvalue weighted by Gasteiger charge is 2.22. The maximum Gasteiger partial charge on any atom is 0.339 e. The van der Waals surface area contributed by atoms with Crippen molar-refractivity contribution in [3.8, 4) is 0 Å². The molecular formula is C14H22N2O3. The zero-order chi connectivity index (χ0) is 14.6. The van der Waals surface area contributed by atoms with E-state index >= 15 is 0 Å². The summed E-state index contributed by atoms with van der Waals surface area (Å²) < 4.78 is 4.71. The Kier molecular flexibility index (Phi) is 5.15. The lowest BCUT2D eigenvalue weighted by Crippen LogP contribution is -2.26. The van der Waals surface area contributed by atoms with Crippen molar-refractivity contribution in [3.63, 3.8) is 0 Å². The molecule has 0 fully saturated rings. The van der Waals surface area contributed by atoms with Gasteiger partial charge in [0.1, 0.15) is 5.69 Å². The number of H-pyrrole nitrogens is 1. The molecule has 0 saturated carbocycles. The number of aromatic nitrogens is 1. The van der Waals surface area contributed by atoms with Gasteiger partial charge < -0.3 is 15.0 Å². The van der Waals surface area contributed by atoms with E-state index in [-0.39, 0.29) is 5.91 Å². The van der Waals surface area contributed by atoms with Crippen LogP contribution >= 0.6 is 0 Å². The third-order valence-electron chi connectivity index (χ3n) is 3.06. The van der Waals surface area contributed by atoms with Crippen molar-refractivity contribution < 1.29 is 14.3 Å². The van der Waals surface area contributed by atoms with Crippen LogP contribution in [0.3, 0.4) is 0 Å². The summed E-state index contributed by atoms with van der Waals surface area (Å²) in [6.07, 6.45) is 0.925. The Morgan fingerprint density at radius 3 is 2.47 bits per heavy atom. The SMILES string of the molecule is COC(=O)c1c(C)[nH]c(C(=O)NCCC(C)C)c1C. The molecule has 0 aliphatic carbocycles. The Balaban J connectivity index is 2.84. The Labute approximate surface area is 113 Å². The lowest BCUT2D eigenvalue weighted by molar-refractivity contribution is 0.0599. The summed E-state index contributed by atoms with van der Waals surface area (Å²) in [4.78, 5) is 26.6. The van der Waals surface area contributed by atoms with Gasteiger partial charge in [0.2, 0.25) is 0 Å². The third kappa shape index (κ3) is 3.59. The fourth-order valence-electron chi connectivity index (χ4n) is 1.95. The largest absolute Gasteiger partial charge is 0.465 e. The molecule has 0 bridgehead atoms. The summed E-state index contributed by atoms with van der Waals surface area (Å²) in [5.41, 5.74) is 2.16. The fraction of sp³-hybridized carbons (Fsp3) is 0.571. The van der Waals surface area contributed by atoms with Gasteiger partial charge in [0, 0.05) is 12.2 Å². The van der Waals surface area contributed by atoms with E-state index in [1.165, 1.54) is 7.11 Å². The van der Waals surface area contributed by atoms with Crippen LogP contribution in [0.5, 0.6) is 0 Å². The molecule has 5 heteroatoms. The summed E-state index contributed by atoms with van der Waals surface area (Å²) >= 11 is 0. The quantitative estimate of drug-likeness (QED) is 0.802. The molecule has 0 aromatic carbocycles. The van der Waals surface area contributed by atoms with Gasteiger partial charge in [-0.1, -0.05) is 13.8 Å². The number of amides is 1. The van der Waals surface area contributed by atoms with Crippen molar-refractivity contribution in [2.45, 2.75) is 34.1 Å². The zero-order valence-corrected chi connectivity index (χ0v) is 12.2. The number of hydrogen-bond acceptors (Lipinski definition) is 3. The number of aryl methyl sites for hydroxylation is 1. The first-order chi connectivity index (χ1) is 8.88. The van der Waals surface area contributed by atoms with Crippen LogP contribution in [0.4, 0.5) is 0 Å². The summed E-state index contributed by atoms with van der Waals surface area (Å²) in [5, 5.41) is 2.85. The van der Waals surface area contributed by atoms with E-state index in [9.17, 15) is 9.59 Å². The van der Waals surface area contributed by atoms with Crippen LogP contribution in [-0.4, -0.2) is 30.5 Å². The van der Waals surface area contributed by atoms with E-state index in [0.29, 0.717) is 35.0 Å². The van der Waals surface area contributed by atoms with Gasteiger partial charge in [-0.15, -0.1) is 0 Å². The molecule has 19 heavy (non-hydrogen) atoms. The van der Waals surface area contributed by atoms with Crippen molar-refractivity contribution in [3.05, 3.63) is 22.5 Å². The normalized spacial score (nSPS) is 10.6. The molecule has 0 aliphatic heterocycles. The average Bonchev–Trinajstić information content (AvgIpc) is 2.63. The van der Waals surface area contributed by atoms with Crippen molar-refractivity contribution in [1.82, 2.24) is 10.3 Å². The Bertz CT molecular complexity index is 475. The van der Waals surface area contributed by atoms with Gasteiger partial charge in [-0.3, -0.25) is 4.79 Å². The second-order valence-electron chi connectivity index (χ2n) is 5.06. The van der Waals surface area contributed by atoms with E-state index in [2.05, 4.69) is 24.1 Å². The predicted molar refractivity (Wildman–Crippen MR) is 73.4 cm³/mol. The summed E-state index contributed by atoms with van der Waals surface area (Å²) in [6, 6.07) is 0. The van der Waals surface area contributed by atoms with Crippen molar-refractivity contribution in [2.75, 3.05) is 13.7 Å². The van der Waals surface area contributed by atoms with E-state index in [4.69, 9.17) is 4.74 Å². The maximum atomic E-state index is 12.0. The molecule has 5 nitrogen and oxygen atoms in total. The molecule has 1 amide bonds. The van der Waals surface area contributed by atoms with E-state index in [1.54, 1.807) is 13.8 Å². The molecule has 0 unspecified atom stereocenters. The molecule has 0 radical (unpaired) electrons. The Hall–Kier alpha value is -1.78. The summed E-state index contributed by atoms with van der Waals surface area (Å²) in [6.45, 7) is 8.33. The Morgan fingerprint density at radius 1 is 1.32 bits per heavy atom. The number of rotatable bonds is 5. The second-order valence-corrected chi connectivity index (χ2v) is 5.06.